The average molecular weight is 262 g/mol. The van der Waals surface area contributed by atoms with Crippen LogP contribution in [0.4, 0.5) is 0 Å². The lowest BCUT2D eigenvalue weighted by molar-refractivity contribution is 0.0706. The molecule has 1 heterocycles. The number of carbonyl (C=O) groups excluding carboxylic acids is 1. The third-order valence-corrected chi connectivity index (χ3v) is 3.69. The maximum Gasteiger partial charge on any atom is 0.255 e. The van der Waals surface area contributed by atoms with Crippen molar-refractivity contribution in [3.05, 3.63) is 71.3 Å². The second-order valence-electron chi connectivity index (χ2n) is 4.85. The Balaban J connectivity index is 1.96. The van der Waals surface area contributed by atoms with Crippen LogP contribution in [0.15, 0.2) is 54.6 Å². The van der Waals surface area contributed by atoms with Crippen LogP contribution in [0.1, 0.15) is 27.5 Å². The van der Waals surface area contributed by atoms with Gasteiger partial charge in [-0.1, -0.05) is 42.5 Å². The largest absolute Gasteiger partial charge is 0.318 e. The molecule has 3 nitrogen and oxygen atoms in total. The molecule has 1 atom stereocenters. The van der Waals surface area contributed by atoms with Crippen molar-refractivity contribution in [3.63, 3.8) is 0 Å². The summed E-state index contributed by atoms with van der Waals surface area (Å²) in [4.78, 5) is 14.2. The molecule has 2 aromatic carbocycles. The highest BCUT2D eigenvalue weighted by molar-refractivity contribution is 5.94. The number of nitrogens with zero attached hydrogens (tertiary/aromatic N) is 2. The van der Waals surface area contributed by atoms with Crippen LogP contribution < -0.4 is 0 Å². The zero-order valence-electron chi connectivity index (χ0n) is 11.0. The molecule has 0 radical (unpaired) electrons. The maximum atomic E-state index is 12.6. The molecule has 0 aromatic heterocycles. The first-order valence-electron chi connectivity index (χ1n) is 6.64. The molecule has 0 spiro atoms. The van der Waals surface area contributed by atoms with E-state index in [2.05, 4.69) is 6.07 Å². The van der Waals surface area contributed by atoms with Crippen molar-refractivity contribution in [1.82, 2.24) is 4.90 Å². The van der Waals surface area contributed by atoms with Crippen molar-refractivity contribution in [2.24, 2.45) is 0 Å². The Kier molecular flexibility index (Phi) is 3.22. The van der Waals surface area contributed by atoms with Gasteiger partial charge in [-0.2, -0.15) is 5.26 Å². The van der Waals surface area contributed by atoms with Crippen LogP contribution in [0.25, 0.3) is 0 Å². The minimum absolute atomic E-state index is 0.0772. The molecular weight excluding hydrogens is 248 g/mol. The van der Waals surface area contributed by atoms with Crippen LogP contribution in [0.2, 0.25) is 0 Å². The first-order chi connectivity index (χ1) is 9.81. The van der Waals surface area contributed by atoms with Gasteiger partial charge in [0.15, 0.2) is 0 Å². The average Bonchev–Trinajstić information content (AvgIpc) is 2.54. The minimum atomic E-state index is -0.493. The molecule has 1 aliphatic rings. The molecule has 3 rings (SSSR count). The molecule has 0 saturated carbocycles. The lowest BCUT2D eigenvalue weighted by Crippen LogP contribution is -2.39. The van der Waals surface area contributed by atoms with E-state index in [4.69, 9.17) is 0 Å². The highest BCUT2D eigenvalue weighted by Gasteiger charge is 2.30. The summed E-state index contributed by atoms with van der Waals surface area (Å²) >= 11 is 0. The summed E-state index contributed by atoms with van der Waals surface area (Å²) in [6.45, 7) is 0.586. The van der Waals surface area contributed by atoms with Crippen LogP contribution in [-0.4, -0.2) is 17.4 Å². The van der Waals surface area contributed by atoms with E-state index < -0.39 is 6.04 Å². The van der Waals surface area contributed by atoms with E-state index in [9.17, 15) is 10.1 Å². The monoisotopic (exact) mass is 262 g/mol. The summed E-state index contributed by atoms with van der Waals surface area (Å²) in [6, 6.07) is 18.8. The number of amides is 1. The molecule has 98 valence electrons. The highest BCUT2D eigenvalue weighted by Crippen LogP contribution is 2.30. The molecule has 0 saturated heterocycles. The fourth-order valence-electron chi connectivity index (χ4n) is 2.67. The first-order valence-corrected chi connectivity index (χ1v) is 6.64. The summed E-state index contributed by atoms with van der Waals surface area (Å²) in [6.07, 6.45) is 0.799. The molecule has 0 N–H and O–H groups in total. The van der Waals surface area contributed by atoms with E-state index >= 15 is 0 Å². The van der Waals surface area contributed by atoms with Crippen LogP contribution in [0.5, 0.6) is 0 Å². The van der Waals surface area contributed by atoms with Crippen LogP contribution >= 0.6 is 0 Å². The number of benzene rings is 2. The normalized spacial score (nSPS) is 17.1. The second kappa shape index (κ2) is 5.18. The predicted octanol–water partition coefficient (Wildman–Crippen LogP) is 2.95. The molecule has 2 aromatic rings. The van der Waals surface area contributed by atoms with Crippen molar-refractivity contribution in [2.75, 3.05) is 6.54 Å². The third-order valence-electron chi connectivity index (χ3n) is 3.69. The van der Waals surface area contributed by atoms with Gasteiger partial charge in [-0.05, 0) is 29.7 Å². The molecule has 1 aliphatic heterocycles. The fourth-order valence-corrected chi connectivity index (χ4v) is 2.67. The summed E-state index contributed by atoms with van der Waals surface area (Å²) in [5, 5.41) is 9.46. The van der Waals surface area contributed by atoms with E-state index in [1.54, 1.807) is 17.0 Å². The van der Waals surface area contributed by atoms with Crippen LogP contribution in [-0.2, 0) is 6.42 Å². The Morgan fingerprint density at radius 1 is 1.10 bits per heavy atom. The van der Waals surface area contributed by atoms with Gasteiger partial charge >= 0.3 is 0 Å². The summed E-state index contributed by atoms with van der Waals surface area (Å²) in [5.74, 6) is -0.0772. The summed E-state index contributed by atoms with van der Waals surface area (Å²) in [7, 11) is 0. The number of hydrogen-bond acceptors (Lipinski definition) is 2. The lowest BCUT2D eigenvalue weighted by atomic mass is 9.93. The number of nitriles is 1. The van der Waals surface area contributed by atoms with Gasteiger partial charge in [0.25, 0.3) is 5.91 Å². The van der Waals surface area contributed by atoms with Gasteiger partial charge in [-0.15, -0.1) is 0 Å². The third kappa shape index (κ3) is 2.06. The van der Waals surface area contributed by atoms with Gasteiger partial charge in [0.2, 0.25) is 0 Å². The summed E-state index contributed by atoms with van der Waals surface area (Å²) in [5.41, 5.74) is 2.74. The van der Waals surface area contributed by atoms with E-state index in [1.807, 2.05) is 42.5 Å². The topological polar surface area (TPSA) is 44.1 Å². The number of carbonyl (C=O) groups is 1. The van der Waals surface area contributed by atoms with E-state index in [0.29, 0.717) is 12.1 Å². The second-order valence-corrected chi connectivity index (χ2v) is 4.85. The Labute approximate surface area is 118 Å². The molecule has 0 bridgehead atoms. The van der Waals surface area contributed by atoms with Gasteiger partial charge in [0.05, 0.1) is 6.07 Å². The van der Waals surface area contributed by atoms with Crippen molar-refractivity contribution < 1.29 is 4.79 Å². The van der Waals surface area contributed by atoms with Gasteiger partial charge < -0.3 is 4.90 Å². The Morgan fingerprint density at radius 3 is 2.55 bits per heavy atom. The Morgan fingerprint density at radius 2 is 1.80 bits per heavy atom. The molecule has 1 amide bonds. The standard InChI is InChI=1S/C17H14N2O/c18-12-16-15-9-5-4-6-13(15)10-11-19(16)17(20)14-7-2-1-3-8-14/h1-9,16H,10-11H2/t16-/m1/s1. The van der Waals surface area contributed by atoms with Gasteiger partial charge in [0.1, 0.15) is 6.04 Å². The van der Waals surface area contributed by atoms with Crippen LogP contribution in [0, 0.1) is 11.3 Å². The summed E-state index contributed by atoms with van der Waals surface area (Å²) < 4.78 is 0. The van der Waals surface area contributed by atoms with Gasteiger partial charge in [-0.25, -0.2) is 0 Å². The zero-order chi connectivity index (χ0) is 13.9. The van der Waals surface area contributed by atoms with Crippen LogP contribution in [0.3, 0.4) is 0 Å². The van der Waals surface area contributed by atoms with E-state index in [-0.39, 0.29) is 5.91 Å². The quantitative estimate of drug-likeness (QED) is 0.793. The molecule has 0 unspecified atom stereocenters. The number of hydrogen-bond donors (Lipinski definition) is 0. The van der Waals surface area contributed by atoms with Gasteiger partial charge in [-0.3, -0.25) is 4.79 Å². The predicted molar refractivity (Wildman–Crippen MR) is 76.0 cm³/mol. The molecule has 20 heavy (non-hydrogen) atoms. The first kappa shape index (κ1) is 12.4. The fraction of sp³-hybridized carbons (Fsp3) is 0.176. The maximum absolute atomic E-state index is 12.6. The smallest absolute Gasteiger partial charge is 0.255 e. The number of rotatable bonds is 1. The molecule has 3 heteroatoms. The van der Waals surface area contributed by atoms with Crippen molar-refractivity contribution in [3.8, 4) is 6.07 Å². The van der Waals surface area contributed by atoms with Crippen molar-refractivity contribution in [1.29, 1.82) is 5.26 Å². The highest BCUT2D eigenvalue weighted by atomic mass is 16.2. The van der Waals surface area contributed by atoms with Crippen molar-refractivity contribution in [2.45, 2.75) is 12.5 Å². The van der Waals surface area contributed by atoms with E-state index in [0.717, 1.165) is 17.5 Å². The zero-order valence-corrected chi connectivity index (χ0v) is 11.0. The Bertz CT molecular complexity index is 673. The number of fused-ring (bicyclic) bond motifs is 1. The minimum Gasteiger partial charge on any atom is -0.318 e. The molecular formula is C17H14N2O. The lowest BCUT2D eigenvalue weighted by Gasteiger charge is -2.33. The molecule has 0 fully saturated rings. The van der Waals surface area contributed by atoms with Gasteiger partial charge in [0, 0.05) is 12.1 Å². The Hall–Kier alpha value is -2.60. The van der Waals surface area contributed by atoms with E-state index in [1.165, 1.54) is 0 Å². The SMILES string of the molecule is N#C[C@@H]1c2ccccc2CCN1C(=O)c1ccccc1. The molecule has 0 aliphatic carbocycles. The van der Waals surface area contributed by atoms with Crippen molar-refractivity contribution >= 4 is 5.91 Å².